The molecule has 3 heteroatoms. The quantitative estimate of drug-likeness (QED) is 0.170. The molecule has 3 heterocycles. The van der Waals surface area contributed by atoms with Crippen molar-refractivity contribution in [3.05, 3.63) is 211 Å². The maximum atomic E-state index is 2.54. The summed E-state index contributed by atoms with van der Waals surface area (Å²) in [5.74, 6) is 0. The molecular formula is C57H39N3. The maximum absolute atomic E-state index is 2.54. The fraction of sp³-hybridized carbons (Fsp3) is 0.0526. The molecule has 0 unspecified atom stereocenters. The van der Waals surface area contributed by atoms with Gasteiger partial charge in [-0.25, -0.2) is 0 Å². The van der Waals surface area contributed by atoms with Crippen molar-refractivity contribution in [2.45, 2.75) is 19.3 Å². The average Bonchev–Trinajstić information content (AvgIpc) is 3.87. The lowest BCUT2D eigenvalue weighted by Crippen LogP contribution is -2.16. The summed E-state index contributed by atoms with van der Waals surface area (Å²) in [5.41, 5.74) is 18.3. The van der Waals surface area contributed by atoms with E-state index in [1.807, 2.05) is 0 Å². The molecule has 12 aromatic rings. The third kappa shape index (κ3) is 4.49. The number of aromatic nitrogens is 2. The molecule has 60 heavy (non-hydrogen) atoms. The minimum Gasteiger partial charge on any atom is -0.310 e. The van der Waals surface area contributed by atoms with Crippen molar-refractivity contribution in [1.82, 2.24) is 8.97 Å². The van der Waals surface area contributed by atoms with E-state index in [1.54, 1.807) is 0 Å². The van der Waals surface area contributed by atoms with Crippen molar-refractivity contribution in [2.75, 3.05) is 4.90 Å². The molecule has 0 spiro atoms. The summed E-state index contributed by atoms with van der Waals surface area (Å²) >= 11 is 0. The van der Waals surface area contributed by atoms with Crippen molar-refractivity contribution in [2.24, 2.45) is 0 Å². The Hall–Kier alpha value is -7.62. The van der Waals surface area contributed by atoms with Crippen LogP contribution in [-0.4, -0.2) is 8.97 Å². The Labute approximate surface area is 347 Å². The first-order valence-electron chi connectivity index (χ1n) is 20.9. The summed E-state index contributed by atoms with van der Waals surface area (Å²) in [4.78, 5) is 2.46. The first-order valence-corrected chi connectivity index (χ1v) is 20.9. The summed E-state index contributed by atoms with van der Waals surface area (Å²) in [7, 11) is 0. The van der Waals surface area contributed by atoms with E-state index in [4.69, 9.17) is 0 Å². The monoisotopic (exact) mass is 765 g/mol. The van der Waals surface area contributed by atoms with Gasteiger partial charge in [-0.3, -0.25) is 0 Å². The minimum absolute atomic E-state index is 0.127. The molecule has 282 valence electrons. The number of nitrogens with zero attached hydrogens (tertiary/aromatic N) is 3. The molecule has 0 atom stereocenters. The van der Waals surface area contributed by atoms with Gasteiger partial charge in [-0.15, -0.1) is 0 Å². The highest BCUT2D eigenvalue weighted by atomic mass is 15.1. The van der Waals surface area contributed by atoms with Gasteiger partial charge in [-0.05, 0) is 112 Å². The molecule has 0 saturated carbocycles. The van der Waals surface area contributed by atoms with E-state index in [0.29, 0.717) is 0 Å². The van der Waals surface area contributed by atoms with Gasteiger partial charge in [0.05, 0.1) is 27.6 Å². The molecule has 13 rings (SSSR count). The van der Waals surface area contributed by atoms with E-state index < -0.39 is 0 Å². The van der Waals surface area contributed by atoms with Crippen LogP contribution in [0.3, 0.4) is 0 Å². The highest BCUT2D eigenvalue weighted by Crippen LogP contribution is 2.51. The van der Waals surface area contributed by atoms with Crippen LogP contribution in [0.15, 0.2) is 200 Å². The molecule has 0 radical (unpaired) electrons. The highest BCUT2D eigenvalue weighted by Gasteiger charge is 2.36. The molecule has 0 fully saturated rings. The molecule has 0 N–H and O–H groups in total. The Balaban J connectivity index is 1.12. The standard InChI is InChI=1S/C57H39N3/c1-57(2)48-21-11-9-18-42(48)43-30-28-41(35-49(43)57)58(39-26-24-37(25-27-39)36-14-5-3-6-15-36)40-29-32-51-47(34-40)45-20-13-23-52-54(45)55-53(59(52)38-16-7-4-8-17-38)33-31-46-44-19-10-12-22-50(44)60(51)56(46)55/h3-35H,1-2H3. The van der Waals surface area contributed by atoms with Gasteiger partial charge < -0.3 is 13.9 Å². The van der Waals surface area contributed by atoms with Gasteiger partial charge in [0.25, 0.3) is 0 Å². The summed E-state index contributed by atoms with van der Waals surface area (Å²) in [6, 6.07) is 74.2. The third-order valence-electron chi connectivity index (χ3n) is 13.4. The van der Waals surface area contributed by atoms with Crippen molar-refractivity contribution >= 4 is 77.0 Å². The molecule has 1 aliphatic carbocycles. The van der Waals surface area contributed by atoms with Crippen LogP contribution in [0, 0.1) is 0 Å². The van der Waals surface area contributed by atoms with E-state index in [2.05, 4.69) is 228 Å². The summed E-state index contributed by atoms with van der Waals surface area (Å²) in [5, 5.41) is 7.59. The second-order valence-corrected chi connectivity index (χ2v) is 16.9. The van der Waals surface area contributed by atoms with Gasteiger partial charge >= 0.3 is 0 Å². The second-order valence-electron chi connectivity index (χ2n) is 16.9. The normalized spacial score (nSPS) is 13.3. The van der Waals surface area contributed by atoms with E-state index in [0.717, 1.165) is 22.7 Å². The molecule has 3 aromatic heterocycles. The summed E-state index contributed by atoms with van der Waals surface area (Å²) < 4.78 is 4.99. The lowest BCUT2D eigenvalue weighted by atomic mass is 9.82. The Morgan fingerprint density at radius 3 is 1.83 bits per heavy atom. The SMILES string of the molecule is CC1(C)c2ccccc2-c2ccc(N(c3ccc(-c4ccccc4)cc3)c3ccc4c(c3)c3cccc5c3c3c(ccc6c7ccccc7n4c63)n5-c3ccccc3)cc21. The molecule has 3 nitrogen and oxygen atoms in total. The van der Waals surface area contributed by atoms with Crippen LogP contribution >= 0.6 is 0 Å². The molecule has 9 aromatic carbocycles. The number of fused-ring (bicyclic) bond motifs is 9. The number of rotatable bonds is 5. The van der Waals surface area contributed by atoms with Gasteiger partial charge in [0.1, 0.15) is 0 Å². The Bertz CT molecular complexity index is 3660. The van der Waals surface area contributed by atoms with Crippen LogP contribution in [0.5, 0.6) is 0 Å². The van der Waals surface area contributed by atoms with Crippen LogP contribution in [0.4, 0.5) is 17.1 Å². The number of benzene rings is 9. The van der Waals surface area contributed by atoms with Crippen LogP contribution < -0.4 is 4.90 Å². The molecule has 1 aliphatic rings. The van der Waals surface area contributed by atoms with Crippen molar-refractivity contribution in [3.8, 4) is 27.9 Å². The van der Waals surface area contributed by atoms with Gasteiger partial charge in [-0.1, -0.05) is 141 Å². The van der Waals surface area contributed by atoms with E-state index in [-0.39, 0.29) is 5.41 Å². The van der Waals surface area contributed by atoms with E-state index >= 15 is 0 Å². The number of para-hydroxylation sites is 2. The zero-order valence-corrected chi connectivity index (χ0v) is 33.4. The Morgan fingerprint density at radius 1 is 0.383 bits per heavy atom. The van der Waals surface area contributed by atoms with Crippen LogP contribution in [0.25, 0.3) is 87.8 Å². The molecule has 0 amide bonds. The highest BCUT2D eigenvalue weighted by molar-refractivity contribution is 6.33. The van der Waals surface area contributed by atoms with Crippen LogP contribution in [0.1, 0.15) is 25.0 Å². The fourth-order valence-corrected chi connectivity index (χ4v) is 10.7. The number of hydrogen-bond donors (Lipinski definition) is 0. The summed E-state index contributed by atoms with van der Waals surface area (Å²) in [6.07, 6.45) is 0. The third-order valence-corrected chi connectivity index (χ3v) is 13.4. The molecule has 0 aliphatic heterocycles. The maximum Gasteiger partial charge on any atom is 0.0641 e. The number of anilines is 3. The Morgan fingerprint density at radius 2 is 0.983 bits per heavy atom. The lowest BCUT2D eigenvalue weighted by molar-refractivity contribution is 0.660. The zero-order chi connectivity index (χ0) is 39.7. The van der Waals surface area contributed by atoms with Gasteiger partial charge in [0, 0.05) is 55.1 Å². The first-order chi connectivity index (χ1) is 29.5. The van der Waals surface area contributed by atoms with E-state index in [1.165, 1.54) is 93.3 Å². The predicted octanol–water partition coefficient (Wildman–Crippen LogP) is 15.4. The van der Waals surface area contributed by atoms with Crippen LogP contribution in [-0.2, 0) is 5.41 Å². The predicted molar refractivity (Wildman–Crippen MR) is 253 cm³/mol. The molecule has 0 bridgehead atoms. The lowest BCUT2D eigenvalue weighted by Gasteiger charge is -2.28. The van der Waals surface area contributed by atoms with Crippen molar-refractivity contribution in [3.63, 3.8) is 0 Å². The van der Waals surface area contributed by atoms with Gasteiger partial charge in [0.2, 0.25) is 0 Å². The van der Waals surface area contributed by atoms with Crippen molar-refractivity contribution < 1.29 is 0 Å². The van der Waals surface area contributed by atoms with Gasteiger partial charge in [0.15, 0.2) is 0 Å². The number of hydrogen-bond acceptors (Lipinski definition) is 1. The average molecular weight is 766 g/mol. The second kappa shape index (κ2) is 12.2. The minimum atomic E-state index is -0.127. The van der Waals surface area contributed by atoms with Gasteiger partial charge in [-0.2, -0.15) is 0 Å². The fourth-order valence-electron chi connectivity index (χ4n) is 10.7. The smallest absolute Gasteiger partial charge is 0.0641 e. The zero-order valence-electron chi connectivity index (χ0n) is 33.4. The Kier molecular flexibility index (Phi) is 6.78. The molecular weight excluding hydrogens is 727 g/mol. The van der Waals surface area contributed by atoms with Crippen LogP contribution in [0.2, 0.25) is 0 Å². The first kappa shape index (κ1) is 33.4. The summed E-state index contributed by atoms with van der Waals surface area (Å²) in [6.45, 7) is 4.73. The van der Waals surface area contributed by atoms with E-state index in [9.17, 15) is 0 Å². The molecule has 0 saturated heterocycles. The topological polar surface area (TPSA) is 12.6 Å². The largest absolute Gasteiger partial charge is 0.310 e. The van der Waals surface area contributed by atoms with Crippen molar-refractivity contribution in [1.29, 1.82) is 0 Å².